The zero-order chi connectivity index (χ0) is 13.9. The molecular weight excluding hydrogens is 290 g/mol. The highest BCUT2D eigenvalue weighted by molar-refractivity contribution is 7.16. The Balaban J connectivity index is 1.71. The van der Waals surface area contributed by atoms with E-state index < -0.39 is 0 Å². The van der Waals surface area contributed by atoms with Crippen LogP contribution >= 0.6 is 22.9 Å². The van der Waals surface area contributed by atoms with E-state index in [2.05, 4.69) is 22.5 Å². The Bertz CT molecular complexity index is 578. The van der Waals surface area contributed by atoms with Crippen molar-refractivity contribution in [3.8, 4) is 0 Å². The lowest BCUT2D eigenvalue weighted by molar-refractivity contribution is 0.371. The van der Waals surface area contributed by atoms with Crippen LogP contribution < -0.4 is 10.6 Å². The minimum Gasteiger partial charge on any atom is -0.380 e. The van der Waals surface area contributed by atoms with Crippen LogP contribution in [0.2, 0.25) is 5.02 Å². The Morgan fingerprint density at radius 3 is 3.20 bits per heavy atom. The van der Waals surface area contributed by atoms with E-state index in [0.717, 1.165) is 29.2 Å². The molecule has 0 bridgehead atoms. The predicted octanol–water partition coefficient (Wildman–Crippen LogP) is 4.28. The lowest BCUT2D eigenvalue weighted by atomic mass is 9.98. The van der Waals surface area contributed by atoms with Crippen LogP contribution in [-0.2, 0) is 0 Å². The molecule has 2 heterocycles. The van der Waals surface area contributed by atoms with Gasteiger partial charge >= 0.3 is 0 Å². The highest BCUT2D eigenvalue weighted by Crippen LogP contribution is 2.33. The van der Waals surface area contributed by atoms with Gasteiger partial charge in [-0.1, -0.05) is 18.0 Å². The number of aromatic nitrogens is 1. The van der Waals surface area contributed by atoms with E-state index in [0.29, 0.717) is 12.1 Å². The molecule has 0 radical (unpaired) electrons. The molecule has 3 nitrogen and oxygen atoms in total. The average Bonchev–Trinajstić information content (AvgIpc) is 2.92. The van der Waals surface area contributed by atoms with Gasteiger partial charge in [0.05, 0.1) is 20.9 Å². The summed E-state index contributed by atoms with van der Waals surface area (Å²) >= 11 is 7.98. The Kier molecular flexibility index (Phi) is 4.44. The molecular formula is C15H20ClN3S. The van der Waals surface area contributed by atoms with Gasteiger partial charge < -0.3 is 10.6 Å². The molecule has 0 saturated carbocycles. The summed E-state index contributed by atoms with van der Waals surface area (Å²) in [5.74, 6) is 0. The minimum absolute atomic E-state index is 0.385. The zero-order valence-corrected chi connectivity index (χ0v) is 13.2. The Labute approximate surface area is 128 Å². The minimum atomic E-state index is 0.385. The first-order chi connectivity index (χ1) is 9.74. The fourth-order valence-corrected chi connectivity index (χ4v) is 3.79. The van der Waals surface area contributed by atoms with E-state index in [9.17, 15) is 0 Å². The average molecular weight is 310 g/mol. The summed E-state index contributed by atoms with van der Waals surface area (Å²) in [6.07, 6.45) is 5.05. The number of thiazole rings is 1. The van der Waals surface area contributed by atoms with E-state index in [4.69, 9.17) is 11.6 Å². The second-order valence-electron chi connectivity index (χ2n) is 5.55. The van der Waals surface area contributed by atoms with Gasteiger partial charge in [-0.3, -0.25) is 0 Å². The number of nitrogens with zero attached hydrogens (tertiary/aromatic N) is 1. The van der Waals surface area contributed by atoms with Gasteiger partial charge in [-0.2, -0.15) is 0 Å². The molecule has 1 saturated heterocycles. The van der Waals surface area contributed by atoms with Gasteiger partial charge in [-0.15, -0.1) is 11.3 Å². The molecule has 1 aliphatic rings. The summed E-state index contributed by atoms with van der Waals surface area (Å²) in [4.78, 5) is 4.44. The molecule has 1 aromatic carbocycles. The third-order valence-corrected chi connectivity index (χ3v) is 5.00. The lowest BCUT2D eigenvalue weighted by Crippen LogP contribution is -2.37. The van der Waals surface area contributed by atoms with Gasteiger partial charge in [0, 0.05) is 12.1 Å². The van der Waals surface area contributed by atoms with Gasteiger partial charge in [-0.25, -0.2) is 4.98 Å². The number of piperidine rings is 1. The van der Waals surface area contributed by atoms with Crippen molar-refractivity contribution in [2.45, 2.75) is 44.7 Å². The van der Waals surface area contributed by atoms with Crippen LogP contribution in [0.25, 0.3) is 10.2 Å². The molecule has 1 aromatic heterocycles. The fourth-order valence-electron chi connectivity index (χ4n) is 2.90. The number of nitrogens with one attached hydrogen (secondary N) is 2. The molecule has 2 unspecified atom stereocenters. The van der Waals surface area contributed by atoms with Crippen LogP contribution in [0.1, 0.15) is 32.6 Å². The van der Waals surface area contributed by atoms with Crippen molar-refractivity contribution >= 4 is 38.8 Å². The summed E-state index contributed by atoms with van der Waals surface area (Å²) in [7, 11) is 0. The SMILES string of the molecule is CC(CC1CCCCN1)Nc1c(Cl)ccc2scnc12. The van der Waals surface area contributed by atoms with Gasteiger partial charge in [0.1, 0.15) is 5.52 Å². The molecule has 108 valence electrons. The van der Waals surface area contributed by atoms with Gasteiger partial charge in [-0.05, 0) is 44.9 Å². The summed E-state index contributed by atoms with van der Waals surface area (Å²) < 4.78 is 1.18. The topological polar surface area (TPSA) is 37.0 Å². The third-order valence-electron chi connectivity index (χ3n) is 3.89. The maximum Gasteiger partial charge on any atom is 0.106 e. The number of fused-ring (bicyclic) bond motifs is 1. The number of hydrogen-bond acceptors (Lipinski definition) is 4. The molecule has 20 heavy (non-hydrogen) atoms. The molecule has 0 amide bonds. The Morgan fingerprint density at radius 1 is 1.50 bits per heavy atom. The summed E-state index contributed by atoms with van der Waals surface area (Å²) in [6, 6.07) is 5.00. The van der Waals surface area contributed by atoms with Crippen molar-refractivity contribution in [1.29, 1.82) is 0 Å². The second-order valence-corrected chi connectivity index (χ2v) is 6.84. The Hall–Kier alpha value is -0.840. The number of halogens is 1. The van der Waals surface area contributed by atoms with Crippen molar-refractivity contribution in [1.82, 2.24) is 10.3 Å². The van der Waals surface area contributed by atoms with Crippen LogP contribution in [0, 0.1) is 0 Å². The first-order valence-corrected chi connectivity index (χ1v) is 8.51. The highest BCUT2D eigenvalue weighted by atomic mass is 35.5. The summed E-state index contributed by atoms with van der Waals surface area (Å²) in [5, 5.41) is 7.91. The summed E-state index contributed by atoms with van der Waals surface area (Å²) in [6.45, 7) is 3.37. The first kappa shape index (κ1) is 14.1. The third kappa shape index (κ3) is 3.08. The van der Waals surface area contributed by atoms with Crippen molar-refractivity contribution in [3.05, 3.63) is 22.7 Å². The van der Waals surface area contributed by atoms with E-state index >= 15 is 0 Å². The quantitative estimate of drug-likeness (QED) is 0.885. The smallest absolute Gasteiger partial charge is 0.106 e. The lowest BCUT2D eigenvalue weighted by Gasteiger charge is -2.27. The van der Waals surface area contributed by atoms with Crippen LogP contribution in [0.3, 0.4) is 0 Å². The predicted molar refractivity (Wildman–Crippen MR) is 88.0 cm³/mol. The normalized spacial score (nSPS) is 21.0. The first-order valence-electron chi connectivity index (χ1n) is 7.25. The molecule has 3 rings (SSSR count). The maximum absolute atomic E-state index is 6.33. The van der Waals surface area contributed by atoms with E-state index in [1.807, 2.05) is 17.6 Å². The summed E-state index contributed by atoms with van der Waals surface area (Å²) in [5.41, 5.74) is 3.85. The molecule has 0 aliphatic carbocycles. The van der Waals surface area contributed by atoms with Crippen molar-refractivity contribution in [2.24, 2.45) is 0 Å². The number of benzene rings is 1. The molecule has 0 spiro atoms. The van der Waals surface area contributed by atoms with Gasteiger partial charge in [0.15, 0.2) is 0 Å². The van der Waals surface area contributed by atoms with Crippen LogP contribution in [0.4, 0.5) is 5.69 Å². The maximum atomic E-state index is 6.33. The molecule has 2 N–H and O–H groups in total. The van der Waals surface area contributed by atoms with Crippen molar-refractivity contribution < 1.29 is 0 Å². The molecule has 1 aliphatic heterocycles. The number of anilines is 1. The van der Waals surface area contributed by atoms with Crippen LogP contribution in [0.15, 0.2) is 17.6 Å². The second kappa shape index (κ2) is 6.29. The molecule has 5 heteroatoms. The molecule has 2 aromatic rings. The zero-order valence-electron chi connectivity index (χ0n) is 11.7. The Morgan fingerprint density at radius 2 is 2.40 bits per heavy atom. The molecule has 2 atom stereocenters. The molecule has 1 fully saturated rings. The van der Waals surface area contributed by atoms with Crippen molar-refractivity contribution in [3.63, 3.8) is 0 Å². The van der Waals surface area contributed by atoms with Crippen molar-refractivity contribution in [2.75, 3.05) is 11.9 Å². The van der Waals surface area contributed by atoms with Crippen LogP contribution in [0.5, 0.6) is 0 Å². The number of rotatable bonds is 4. The monoisotopic (exact) mass is 309 g/mol. The van der Waals surface area contributed by atoms with Gasteiger partial charge in [0.25, 0.3) is 0 Å². The van der Waals surface area contributed by atoms with Gasteiger partial charge in [0.2, 0.25) is 0 Å². The van der Waals surface area contributed by atoms with E-state index in [-0.39, 0.29) is 0 Å². The largest absolute Gasteiger partial charge is 0.380 e. The standard InChI is InChI=1S/C15H20ClN3S/c1-10(8-11-4-2-3-7-17-11)19-14-12(16)5-6-13-15(14)18-9-20-13/h5-6,9-11,17,19H,2-4,7-8H2,1H3. The van der Waals surface area contributed by atoms with Crippen LogP contribution in [-0.4, -0.2) is 23.6 Å². The van der Waals surface area contributed by atoms with E-state index in [1.54, 1.807) is 11.3 Å². The number of hydrogen-bond donors (Lipinski definition) is 2. The highest BCUT2D eigenvalue weighted by Gasteiger charge is 2.17. The van der Waals surface area contributed by atoms with E-state index in [1.165, 1.54) is 24.0 Å². The fraction of sp³-hybridized carbons (Fsp3) is 0.533.